The Morgan fingerprint density at radius 3 is 2.52 bits per heavy atom. The topological polar surface area (TPSA) is 101 Å². The zero-order valence-electron chi connectivity index (χ0n) is 11.6. The molecule has 0 atom stereocenters. The summed E-state index contributed by atoms with van der Waals surface area (Å²) in [5.74, 6) is 0.175. The summed E-state index contributed by atoms with van der Waals surface area (Å²) in [6.07, 6.45) is 2.93. The van der Waals surface area contributed by atoms with Crippen LogP contribution in [0.15, 0.2) is 30.3 Å². The van der Waals surface area contributed by atoms with Crippen LogP contribution in [0.1, 0.15) is 16.8 Å². The number of carbonyl (C=O) groups excluding carboxylic acids is 1. The number of rotatable bonds is 4. The number of aromatic nitrogens is 2. The summed E-state index contributed by atoms with van der Waals surface area (Å²) in [6, 6.07) is 5.93. The molecule has 0 saturated heterocycles. The van der Waals surface area contributed by atoms with Gasteiger partial charge in [0.25, 0.3) is 5.69 Å². The first-order valence-electron chi connectivity index (χ1n) is 6.22. The van der Waals surface area contributed by atoms with Crippen molar-refractivity contribution in [2.24, 2.45) is 0 Å². The highest BCUT2D eigenvalue weighted by Crippen LogP contribution is 2.15. The lowest BCUT2D eigenvalue weighted by Crippen LogP contribution is -2.09. The molecule has 1 amide bonds. The van der Waals surface area contributed by atoms with Gasteiger partial charge in [-0.1, -0.05) is 0 Å². The summed E-state index contributed by atoms with van der Waals surface area (Å²) in [5.41, 5.74) is 2.49. The van der Waals surface area contributed by atoms with Crippen LogP contribution >= 0.6 is 0 Å². The Morgan fingerprint density at radius 2 is 2.00 bits per heavy atom. The largest absolute Gasteiger partial charge is 0.305 e. The number of hydrogen-bond donors (Lipinski definition) is 2. The van der Waals surface area contributed by atoms with Gasteiger partial charge >= 0.3 is 0 Å². The minimum atomic E-state index is -0.469. The molecule has 0 aliphatic rings. The molecule has 7 nitrogen and oxygen atoms in total. The van der Waals surface area contributed by atoms with E-state index in [-0.39, 0.29) is 11.6 Å². The maximum absolute atomic E-state index is 11.8. The van der Waals surface area contributed by atoms with Crippen LogP contribution in [0.5, 0.6) is 0 Å². The lowest BCUT2D eigenvalue weighted by Gasteiger charge is -1.99. The van der Waals surface area contributed by atoms with Crippen LogP contribution in [0.2, 0.25) is 0 Å². The summed E-state index contributed by atoms with van der Waals surface area (Å²) in [6.45, 7) is 3.72. The van der Waals surface area contributed by atoms with Crippen molar-refractivity contribution in [1.29, 1.82) is 0 Å². The van der Waals surface area contributed by atoms with E-state index in [1.165, 1.54) is 18.2 Å². The number of benzene rings is 1. The van der Waals surface area contributed by atoms with Crippen molar-refractivity contribution in [3.8, 4) is 0 Å². The maximum Gasteiger partial charge on any atom is 0.269 e. The van der Waals surface area contributed by atoms with Crippen molar-refractivity contribution in [2.75, 3.05) is 5.32 Å². The van der Waals surface area contributed by atoms with Crippen molar-refractivity contribution < 1.29 is 9.72 Å². The molecule has 7 heteroatoms. The van der Waals surface area contributed by atoms with Gasteiger partial charge in [-0.15, -0.1) is 0 Å². The monoisotopic (exact) mass is 286 g/mol. The Hall–Kier alpha value is -2.96. The highest BCUT2D eigenvalue weighted by atomic mass is 16.6. The quantitative estimate of drug-likeness (QED) is 0.512. The summed E-state index contributed by atoms with van der Waals surface area (Å²) in [5, 5.41) is 19.9. The number of hydrogen-bond acceptors (Lipinski definition) is 4. The highest BCUT2D eigenvalue weighted by molar-refractivity contribution is 6.01. The van der Waals surface area contributed by atoms with Crippen molar-refractivity contribution in [3.05, 3.63) is 57.3 Å². The maximum atomic E-state index is 11.8. The number of non-ortho nitro benzene ring substituents is 1. The van der Waals surface area contributed by atoms with Crippen LogP contribution in [0, 0.1) is 24.0 Å². The summed E-state index contributed by atoms with van der Waals surface area (Å²) < 4.78 is 0. The highest BCUT2D eigenvalue weighted by Gasteiger charge is 2.07. The van der Waals surface area contributed by atoms with Crippen molar-refractivity contribution in [2.45, 2.75) is 13.8 Å². The van der Waals surface area contributed by atoms with Gasteiger partial charge < -0.3 is 5.32 Å². The van der Waals surface area contributed by atoms with E-state index in [1.54, 1.807) is 18.2 Å². The van der Waals surface area contributed by atoms with Crippen LogP contribution in [-0.4, -0.2) is 21.0 Å². The zero-order valence-corrected chi connectivity index (χ0v) is 11.6. The standard InChI is InChI=1S/C14H14N4O3/c1-9-10(2)16-17-14(9)15-13(19)8-5-11-3-6-12(7-4-11)18(20)21/h3-8H,1-2H3,(H2,15,16,17,19)/b8-5+. The van der Waals surface area contributed by atoms with Crippen molar-refractivity contribution >= 4 is 23.5 Å². The third-order valence-electron chi connectivity index (χ3n) is 3.03. The van der Waals surface area contributed by atoms with Crippen LogP contribution in [0.3, 0.4) is 0 Å². The molecule has 0 radical (unpaired) electrons. The molecule has 0 unspecified atom stereocenters. The summed E-state index contributed by atoms with van der Waals surface area (Å²) >= 11 is 0. The number of H-pyrrole nitrogens is 1. The van der Waals surface area contributed by atoms with E-state index in [4.69, 9.17) is 0 Å². The Balaban J connectivity index is 2.02. The van der Waals surface area contributed by atoms with Crippen LogP contribution in [0.4, 0.5) is 11.5 Å². The number of carbonyl (C=O) groups is 1. The molecule has 21 heavy (non-hydrogen) atoms. The Kier molecular flexibility index (Phi) is 4.13. The van der Waals surface area contributed by atoms with E-state index >= 15 is 0 Å². The molecule has 0 bridgehead atoms. The summed E-state index contributed by atoms with van der Waals surface area (Å²) in [4.78, 5) is 21.8. The number of aryl methyl sites for hydroxylation is 1. The molecule has 0 fully saturated rings. The average Bonchev–Trinajstić information content (AvgIpc) is 2.77. The number of anilines is 1. The van der Waals surface area contributed by atoms with Crippen LogP contribution in [-0.2, 0) is 4.79 Å². The number of nitro benzene ring substituents is 1. The molecule has 1 aromatic heterocycles. The first-order chi connectivity index (χ1) is 9.97. The molecule has 1 aromatic carbocycles. The first-order valence-corrected chi connectivity index (χ1v) is 6.22. The predicted octanol–water partition coefficient (Wildman–Crippen LogP) is 2.59. The molecule has 2 rings (SSSR count). The van der Waals surface area contributed by atoms with Gasteiger partial charge in [0.1, 0.15) is 0 Å². The number of nitrogens with one attached hydrogen (secondary N) is 2. The molecule has 0 aliphatic heterocycles. The fourth-order valence-corrected chi connectivity index (χ4v) is 1.64. The Morgan fingerprint density at radius 1 is 1.33 bits per heavy atom. The molecule has 2 N–H and O–H groups in total. The Labute approximate surface area is 120 Å². The van der Waals surface area contributed by atoms with Crippen molar-refractivity contribution in [1.82, 2.24) is 10.2 Å². The van der Waals surface area contributed by atoms with Gasteiger partial charge in [-0.05, 0) is 37.6 Å². The first kappa shape index (κ1) is 14.4. The normalized spacial score (nSPS) is 10.8. The summed E-state index contributed by atoms with van der Waals surface area (Å²) in [7, 11) is 0. The third-order valence-corrected chi connectivity index (χ3v) is 3.03. The van der Waals surface area contributed by atoms with E-state index < -0.39 is 4.92 Å². The predicted molar refractivity (Wildman–Crippen MR) is 78.8 cm³/mol. The van der Waals surface area contributed by atoms with Gasteiger partial charge in [-0.3, -0.25) is 20.0 Å². The van der Waals surface area contributed by atoms with Gasteiger partial charge in [0, 0.05) is 29.5 Å². The lowest BCUT2D eigenvalue weighted by molar-refractivity contribution is -0.384. The minimum absolute atomic E-state index is 0.0132. The second-order valence-corrected chi connectivity index (χ2v) is 4.49. The van der Waals surface area contributed by atoms with Crippen LogP contribution < -0.4 is 5.32 Å². The second-order valence-electron chi connectivity index (χ2n) is 4.49. The molecular weight excluding hydrogens is 272 g/mol. The van der Waals surface area contributed by atoms with E-state index in [1.807, 2.05) is 13.8 Å². The van der Waals surface area contributed by atoms with Crippen LogP contribution in [0.25, 0.3) is 6.08 Å². The van der Waals surface area contributed by atoms with E-state index in [2.05, 4.69) is 15.5 Å². The molecule has 0 saturated carbocycles. The molecular formula is C14H14N4O3. The van der Waals surface area contributed by atoms with Gasteiger partial charge in [0.05, 0.1) is 4.92 Å². The van der Waals surface area contributed by atoms with Crippen molar-refractivity contribution in [3.63, 3.8) is 0 Å². The minimum Gasteiger partial charge on any atom is -0.305 e. The van der Waals surface area contributed by atoms with E-state index in [0.717, 1.165) is 11.3 Å². The fraction of sp³-hybridized carbons (Fsp3) is 0.143. The number of amides is 1. The molecule has 0 spiro atoms. The lowest BCUT2D eigenvalue weighted by atomic mass is 10.2. The SMILES string of the molecule is Cc1[nH]nc(NC(=O)/C=C/c2ccc([N+](=O)[O-])cc2)c1C. The zero-order chi connectivity index (χ0) is 15.4. The van der Waals surface area contributed by atoms with Gasteiger partial charge in [-0.25, -0.2) is 0 Å². The molecule has 1 heterocycles. The van der Waals surface area contributed by atoms with Gasteiger partial charge in [0.15, 0.2) is 5.82 Å². The average molecular weight is 286 g/mol. The van der Waals surface area contributed by atoms with E-state index in [9.17, 15) is 14.9 Å². The smallest absolute Gasteiger partial charge is 0.269 e. The molecule has 0 aliphatic carbocycles. The second kappa shape index (κ2) is 6.00. The Bertz CT molecular complexity index is 702. The number of nitro groups is 1. The van der Waals surface area contributed by atoms with Gasteiger partial charge in [0.2, 0.25) is 5.91 Å². The van der Waals surface area contributed by atoms with E-state index in [0.29, 0.717) is 11.4 Å². The van der Waals surface area contributed by atoms with Gasteiger partial charge in [-0.2, -0.15) is 5.10 Å². The third kappa shape index (κ3) is 3.53. The molecule has 2 aromatic rings. The number of nitrogens with zero attached hydrogens (tertiary/aromatic N) is 2. The fourth-order valence-electron chi connectivity index (χ4n) is 1.64. The number of aromatic amines is 1. The molecule has 108 valence electrons.